The van der Waals surface area contributed by atoms with Crippen molar-refractivity contribution >= 4 is 34.2 Å². The maximum Gasteiger partial charge on any atom is 0.341 e. The maximum atomic E-state index is 13.0. The van der Waals surface area contributed by atoms with E-state index in [1.165, 1.54) is 6.20 Å². The zero-order valence-electron chi connectivity index (χ0n) is 20.2. The average Bonchev–Trinajstić information content (AvgIpc) is 3.40. The molecule has 35 heavy (non-hydrogen) atoms. The molecule has 0 radical (unpaired) electrons. The van der Waals surface area contributed by atoms with Crippen molar-refractivity contribution in [1.29, 1.82) is 0 Å². The first-order valence-corrected chi connectivity index (χ1v) is 12.1. The Balaban J connectivity index is 1.60. The molecule has 1 aromatic carbocycles. The molecule has 3 heterocycles. The number of fused-ring (bicyclic) bond motifs is 1. The molecule has 2 aromatic heterocycles. The highest BCUT2D eigenvalue weighted by atomic mass is 35.5. The third kappa shape index (κ3) is 4.06. The van der Waals surface area contributed by atoms with Gasteiger partial charge in [-0.2, -0.15) is 0 Å². The molecule has 0 bridgehead atoms. The Hall–Kier alpha value is -3.04. The number of aromatic carboxylic acids is 1. The molecule has 1 aliphatic carbocycles. The van der Waals surface area contributed by atoms with Crippen LogP contribution < -0.4 is 15.1 Å². The minimum atomic E-state index is -1.25. The summed E-state index contributed by atoms with van der Waals surface area (Å²) in [5, 5.41) is 10.2. The van der Waals surface area contributed by atoms with Gasteiger partial charge in [0.2, 0.25) is 11.3 Å². The predicted molar refractivity (Wildman–Crippen MR) is 133 cm³/mol. The summed E-state index contributed by atoms with van der Waals surface area (Å²) in [6.45, 7) is 3.34. The maximum absolute atomic E-state index is 13.0. The van der Waals surface area contributed by atoms with Crippen LogP contribution in [0.15, 0.2) is 27.7 Å². The highest BCUT2D eigenvalue weighted by Gasteiger charge is 2.37. The van der Waals surface area contributed by atoms with E-state index in [-0.39, 0.29) is 29.0 Å². The number of hydrogen-bond acceptors (Lipinski definition) is 7. The van der Waals surface area contributed by atoms with E-state index in [1.54, 1.807) is 19.4 Å². The summed E-state index contributed by atoms with van der Waals surface area (Å²) in [4.78, 5) is 33.6. The number of aromatic nitrogens is 2. The molecule has 1 saturated carbocycles. The second-order valence-corrected chi connectivity index (χ2v) is 10.1. The Morgan fingerprint density at radius 2 is 2.09 bits per heavy atom. The van der Waals surface area contributed by atoms with Crippen molar-refractivity contribution in [2.75, 3.05) is 39.2 Å². The number of ether oxygens (including phenoxy) is 1. The fourth-order valence-corrected chi connectivity index (χ4v) is 5.64. The fraction of sp³-hybridized carbons (Fsp3) is 0.480. The van der Waals surface area contributed by atoms with Gasteiger partial charge in [-0.1, -0.05) is 11.6 Å². The molecule has 5 rings (SSSR count). The number of carboxylic acid groups (broad SMARTS) is 1. The lowest BCUT2D eigenvalue weighted by Gasteiger charge is -2.29. The number of carbonyl (C=O) groups is 1. The molecule has 2 fully saturated rings. The number of carboxylic acids is 1. The first-order chi connectivity index (χ1) is 16.7. The summed E-state index contributed by atoms with van der Waals surface area (Å²) >= 11 is 6.77. The zero-order chi connectivity index (χ0) is 25.0. The number of rotatable bonds is 7. The van der Waals surface area contributed by atoms with Crippen molar-refractivity contribution in [3.05, 3.63) is 50.9 Å². The summed E-state index contributed by atoms with van der Waals surface area (Å²) in [6.07, 6.45) is 5.93. The van der Waals surface area contributed by atoms with Crippen LogP contribution in [0.1, 0.15) is 53.4 Å². The number of nitrogens with zero attached hydrogens (tertiary/aromatic N) is 4. The van der Waals surface area contributed by atoms with E-state index in [2.05, 4.69) is 14.8 Å². The Bertz CT molecular complexity index is 1360. The quantitative estimate of drug-likeness (QED) is 0.517. The predicted octanol–water partition coefficient (Wildman–Crippen LogP) is 4.12. The van der Waals surface area contributed by atoms with Gasteiger partial charge in [0.1, 0.15) is 17.0 Å². The van der Waals surface area contributed by atoms with Gasteiger partial charge >= 0.3 is 5.97 Å². The summed E-state index contributed by atoms with van der Waals surface area (Å²) < 4.78 is 13.6. The van der Waals surface area contributed by atoms with Gasteiger partial charge in [-0.15, -0.1) is 0 Å². The van der Waals surface area contributed by atoms with Crippen LogP contribution in [-0.2, 0) is 0 Å². The van der Waals surface area contributed by atoms with E-state index < -0.39 is 11.4 Å². The third-order valence-electron chi connectivity index (χ3n) is 7.01. The second kappa shape index (κ2) is 8.87. The largest absolute Gasteiger partial charge is 0.492 e. The lowest BCUT2D eigenvalue weighted by Crippen LogP contribution is -2.30. The highest BCUT2D eigenvalue weighted by molar-refractivity contribution is 6.35. The molecule has 2 aliphatic rings. The first-order valence-electron chi connectivity index (χ1n) is 11.7. The molecule has 2 atom stereocenters. The van der Waals surface area contributed by atoms with E-state index in [0.29, 0.717) is 28.7 Å². The van der Waals surface area contributed by atoms with Crippen LogP contribution in [0.2, 0.25) is 5.02 Å². The summed E-state index contributed by atoms with van der Waals surface area (Å²) in [5.41, 5.74) is 0.511. The zero-order valence-corrected chi connectivity index (χ0v) is 21.0. The van der Waals surface area contributed by atoms with E-state index in [4.69, 9.17) is 20.8 Å². The van der Waals surface area contributed by atoms with Gasteiger partial charge in [0.05, 0.1) is 35.3 Å². The summed E-state index contributed by atoms with van der Waals surface area (Å²) in [6, 6.07) is 1.73. The van der Waals surface area contributed by atoms with Crippen LogP contribution >= 0.6 is 11.6 Å². The number of anilines is 1. The molecular formula is C25H29ClN4O5. The van der Waals surface area contributed by atoms with Crippen molar-refractivity contribution in [2.45, 2.75) is 38.3 Å². The van der Waals surface area contributed by atoms with Crippen molar-refractivity contribution < 1.29 is 19.1 Å². The van der Waals surface area contributed by atoms with Gasteiger partial charge in [0.25, 0.3) is 0 Å². The average molecular weight is 501 g/mol. The van der Waals surface area contributed by atoms with Gasteiger partial charge in [0, 0.05) is 31.2 Å². The van der Waals surface area contributed by atoms with Crippen LogP contribution in [0.4, 0.5) is 5.69 Å². The topological polar surface area (TPSA) is 101 Å². The Labute approximate surface area is 207 Å². The van der Waals surface area contributed by atoms with E-state index in [0.717, 1.165) is 37.3 Å². The van der Waals surface area contributed by atoms with E-state index in [1.807, 2.05) is 25.6 Å². The van der Waals surface area contributed by atoms with Gasteiger partial charge in [-0.05, 0) is 46.3 Å². The molecule has 3 aromatic rings. The molecule has 1 N–H and O–H groups in total. The summed E-state index contributed by atoms with van der Waals surface area (Å²) in [5.74, 6) is 0.964. The Kier molecular flexibility index (Phi) is 6.01. The van der Waals surface area contributed by atoms with Crippen molar-refractivity contribution in [1.82, 2.24) is 14.5 Å². The number of aryl methyl sites for hydroxylation is 1. The Morgan fingerprint density at radius 1 is 1.34 bits per heavy atom. The van der Waals surface area contributed by atoms with Gasteiger partial charge in [-0.25, -0.2) is 9.78 Å². The van der Waals surface area contributed by atoms with Crippen LogP contribution in [-0.4, -0.2) is 59.8 Å². The molecule has 0 amide bonds. The standard InChI is InChI=1S/C25H29ClN4O5/c1-13-10-27-24(35-13)19(28(2)3)14-7-8-29(11-14)21-18(26)9-16-20(23(21)34-4)30(15-5-6-15)12-17(22(16)31)25(32)33/h9-10,12,14-15,19H,5-8,11H2,1-4H3,(H,32,33). The smallest absolute Gasteiger partial charge is 0.341 e. The lowest BCUT2D eigenvalue weighted by molar-refractivity contribution is 0.0695. The number of methoxy groups -OCH3 is 1. The molecule has 1 aliphatic heterocycles. The van der Waals surface area contributed by atoms with E-state index in [9.17, 15) is 14.7 Å². The minimum absolute atomic E-state index is 0.00157. The van der Waals surface area contributed by atoms with Gasteiger partial charge in [-0.3, -0.25) is 9.69 Å². The van der Waals surface area contributed by atoms with Crippen molar-refractivity contribution in [3.63, 3.8) is 0 Å². The molecule has 0 spiro atoms. The third-order valence-corrected chi connectivity index (χ3v) is 7.30. The number of oxazole rings is 1. The number of hydrogen-bond donors (Lipinski definition) is 1. The summed E-state index contributed by atoms with van der Waals surface area (Å²) in [7, 11) is 5.60. The van der Waals surface area contributed by atoms with Crippen molar-refractivity contribution in [3.8, 4) is 5.75 Å². The monoisotopic (exact) mass is 500 g/mol. The molecular weight excluding hydrogens is 472 g/mol. The van der Waals surface area contributed by atoms with Crippen LogP contribution in [0.25, 0.3) is 10.9 Å². The second-order valence-electron chi connectivity index (χ2n) is 9.66. The number of benzene rings is 1. The molecule has 1 saturated heterocycles. The lowest BCUT2D eigenvalue weighted by atomic mass is 9.98. The molecule has 10 heteroatoms. The fourth-order valence-electron chi connectivity index (χ4n) is 5.33. The molecule has 9 nitrogen and oxygen atoms in total. The first kappa shape index (κ1) is 23.7. The van der Waals surface area contributed by atoms with Gasteiger partial charge < -0.3 is 23.7 Å². The van der Waals surface area contributed by atoms with Crippen LogP contribution in [0.3, 0.4) is 0 Å². The van der Waals surface area contributed by atoms with E-state index >= 15 is 0 Å². The van der Waals surface area contributed by atoms with Crippen LogP contribution in [0.5, 0.6) is 5.75 Å². The van der Waals surface area contributed by atoms with Gasteiger partial charge in [0.15, 0.2) is 5.75 Å². The minimum Gasteiger partial charge on any atom is -0.492 e. The Morgan fingerprint density at radius 3 is 2.66 bits per heavy atom. The molecule has 2 unspecified atom stereocenters. The number of pyridine rings is 1. The van der Waals surface area contributed by atoms with Crippen molar-refractivity contribution in [2.24, 2.45) is 5.92 Å². The molecule has 186 valence electrons. The SMILES string of the molecule is COc1c(N2CCC(C(c3ncc(C)o3)N(C)C)C2)c(Cl)cc2c(=O)c(C(=O)O)cn(C3CC3)c12. The normalized spacial score (nSPS) is 19.0. The number of halogens is 1. The van der Waals surface area contributed by atoms with Crippen LogP contribution in [0, 0.1) is 12.8 Å². The highest BCUT2D eigenvalue weighted by Crippen LogP contribution is 2.47.